The van der Waals surface area contributed by atoms with Crippen LogP contribution in [-0.4, -0.2) is 35.0 Å². The van der Waals surface area contributed by atoms with Crippen molar-refractivity contribution in [3.05, 3.63) is 53.6 Å². The molecule has 0 aliphatic heterocycles. The van der Waals surface area contributed by atoms with E-state index in [4.69, 9.17) is 9.47 Å². The number of carbonyl (C=O) groups excluding carboxylic acids is 1. The zero-order chi connectivity index (χ0) is 18.4. The van der Waals surface area contributed by atoms with Crippen molar-refractivity contribution in [2.45, 2.75) is 18.2 Å². The Balaban J connectivity index is 2.06. The molecule has 134 valence electrons. The Kier molecular flexibility index (Phi) is 6.17. The first-order valence-corrected chi connectivity index (χ1v) is 9.17. The van der Waals surface area contributed by atoms with Crippen LogP contribution in [0.5, 0.6) is 11.5 Å². The van der Waals surface area contributed by atoms with Gasteiger partial charge in [0.2, 0.25) is 10.0 Å². The number of benzene rings is 2. The molecule has 0 fully saturated rings. The normalized spacial score (nSPS) is 11.2. The number of rotatable bonds is 8. The van der Waals surface area contributed by atoms with Crippen LogP contribution in [0.2, 0.25) is 0 Å². The highest BCUT2D eigenvalue weighted by Gasteiger charge is 2.14. The van der Waals surface area contributed by atoms with E-state index in [0.717, 1.165) is 5.56 Å². The molecular weight excluding hydrogens is 342 g/mol. The van der Waals surface area contributed by atoms with Gasteiger partial charge in [0.15, 0.2) is 5.78 Å². The summed E-state index contributed by atoms with van der Waals surface area (Å²) in [5, 5.41) is 0. The van der Waals surface area contributed by atoms with Crippen molar-refractivity contribution < 1.29 is 22.7 Å². The molecule has 0 saturated heterocycles. The van der Waals surface area contributed by atoms with Crippen molar-refractivity contribution in [3.63, 3.8) is 0 Å². The molecule has 7 heteroatoms. The Morgan fingerprint density at radius 1 is 1.04 bits per heavy atom. The average molecular weight is 363 g/mol. The number of sulfonamides is 1. The lowest BCUT2D eigenvalue weighted by Crippen LogP contribution is -2.26. The van der Waals surface area contributed by atoms with Gasteiger partial charge in [-0.2, -0.15) is 0 Å². The van der Waals surface area contributed by atoms with Crippen LogP contribution in [-0.2, 0) is 16.4 Å². The van der Waals surface area contributed by atoms with Gasteiger partial charge in [0.1, 0.15) is 11.5 Å². The Bertz CT molecular complexity index is 844. The molecule has 0 spiro atoms. The van der Waals surface area contributed by atoms with Crippen LogP contribution in [0.25, 0.3) is 0 Å². The number of Topliss-reactive ketones (excluding diaryl/α,β-unsaturated/α-hetero) is 1. The lowest BCUT2D eigenvalue weighted by molar-refractivity contribution is 0.101. The highest BCUT2D eigenvalue weighted by Crippen LogP contribution is 2.24. The fourth-order valence-corrected chi connectivity index (χ4v) is 3.38. The summed E-state index contributed by atoms with van der Waals surface area (Å²) < 4.78 is 37.7. The topological polar surface area (TPSA) is 81.7 Å². The van der Waals surface area contributed by atoms with E-state index in [2.05, 4.69) is 4.72 Å². The molecule has 0 saturated carbocycles. The highest BCUT2D eigenvalue weighted by atomic mass is 32.2. The number of ether oxygens (including phenoxy) is 2. The molecule has 0 aliphatic carbocycles. The minimum absolute atomic E-state index is 0.109. The number of ketones is 1. The molecule has 6 nitrogen and oxygen atoms in total. The second-order valence-corrected chi connectivity index (χ2v) is 7.17. The van der Waals surface area contributed by atoms with Gasteiger partial charge in [-0.05, 0) is 49.2 Å². The van der Waals surface area contributed by atoms with Crippen molar-refractivity contribution in [2.75, 3.05) is 20.8 Å². The van der Waals surface area contributed by atoms with Crippen molar-refractivity contribution in [1.29, 1.82) is 0 Å². The van der Waals surface area contributed by atoms with Crippen molar-refractivity contribution >= 4 is 15.8 Å². The summed E-state index contributed by atoms with van der Waals surface area (Å²) in [5.74, 6) is 1.24. The molecule has 1 N–H and O–H groups in total. The van der Waals surface area contributed by atoms with E-state index in [1.807, 2.05) is 6.07 Å². The monoisotopic (exact) mass is 363 g/mol. The van der Waals surface area contributed by atoms with Crippen LogP contribution in [0.1, 0.15) is 22.8 Å². The standard InChI is InChI=1S/C18H21NO5S/c1-13(20)14-4-7-17(8-5-14)25(21,22)19-11-10-15-12-16(23-2)6-9-18(15)24-3/h4-9,12,19H,10-11H2,1-3H3. The lowest BCUT2D eigenvalue weighted by atomic mass is 10.1. The van der Waals surface area contributed by atoms with E-state index in [1.54, 1.807) is 26.4 Å². The van der Waals surface area contributed by atoms with Crippen LogP contribution in [0.3, 0.4) is 0 Å². The number of hydrogen-bond acceptors (Lipinski definition) is 5. The van der Waals surface area contributed by atoms with Gasteiger partial charge >= 0.3 is 0 Å². The molecule has 2 aromatic rings. The molecule has 0 unspecified atom stereocenters. The van der Waals surface area contributed by atoms with Crippen molar-refractivity contribution in [3.8, 4) is 11.5 Å². The maximum atomic E-state index is 12.3. The molecule has 0 heterocycles. The molecule has 0 atom stereocenters. The van der Waals surface area contributed by atoms with E-state index < -0.39 is 10.0 Å². The maximum absolute atomic E-state index is 12.3. The van der Waals surface area contributed by atoms with Gasteiger partial charge in [-0.1, -0.05) is 12.1 Å². The summed E-state index contributed by atoms with van der Waals surface area (Å²) in [4.78, 5) is 11.4. The minimum atomic E-state index is -3.64. The Labute approximate surface area is 147 Å². The zero-order valence-electron chi connectivity index (χ0n) is 14.4. The van der Waals surface area contributed by atoms with Crippen molar-refractivity contribution in [2.24, 2.45) is 0 Å². The number of methoxy groups -OCH3 is 2. The van der Waals surface area contributed by atoms with E-state index in [0.29, 0.717) is 23.5 Å². The first-order chi connectivity index (χ1) is 11.9. The second-order valence-electron chi connectivity index (χ2n) is 5.41. The van der Waals surface area contributed by atoms with E-state index in [9.17, 15) is 13.2 Å². The summed E-state index contributed by atoms with van der Waals surface area (Å²) in [6.07, 6.45) is 0.450. The quantitative estimate of drug-likeness (QED) is 0.729. The maximum Gasteiger partial charge on any atom is 0.240 e. The third kappa shape index (κ3) is 4.80. The fourth-order valence-electron chi connectivity index (χ4n) is 2.35. The molecule has 0 amide bonds. The first-order valence-electron chi connectivity index (χ1n) is 7.69. The van der Waals surface area contributed by atoms with Crippen LogP contribution < -0.4 is 14.2 Å². The predicted octanol–water partition coefficient (Wildman–Crippen LogP) is 2.43. The number of hydrogen-bond donors (Lipinski definition) is 1. The third-order valence-corrected chi connectivity index (χ3v) is 5.22. The molecule has 0 bridgehead atoms. The fraction of sp³-hybridized carbons (Fsp3) is 0.278. The molecule has 0 radical (unpaired) electrons. The van der Waals surface area contributed by atoms with Gasteiger partial charge in [-0.3, -0.25) is 4.79 Å². The predicted molar refractivity (Wildman–Crippen MR) is 94.9 cm³/mol. The molecule has 2 rings (SSSR count). The molecule has 0 aromatic heterocycles. The minimum Gasteiger partial charge on any atom is -0.497 e. The molecule has 25 heavy (non-hydrogen) atoms. The largest absolute Gasteiger partial charge is 0.497 e. The molecule has 2 aromatic carbocycles. The Morgan fingerprint density at radius 3 is 2.28 bits per heavy atom. The SMILES string of the molecule is COc1ccc(OC)c(CCNS(=O)(=O)c2ccc(C(C)=O)cc2)c1. The number of nitrogens with one attached hydrogen (secondary N) is 1. The van der Waals surface area contributed by atoms with Crippen molar-refractivity contribution in [1.82, 2.24) is 4.72 Å². The molecular formula is C18H21NO5S. The van der Waals surface area contributed by atoms with Gasteiger partial charge in [-0.25, -0.2) is 13.1 Å². The summed E-state index contributed by atoms with van der Waals surface area (Å²) in [6.45, 7) is 1.64. The molecule has 0 aliphatic rings. The summed E-state index contributed by atoms with van der Waals surface area (Å²) in [5.41, 5.74) is 1.32. The summed E-state index contributed by atoms with van der Waals surface area (Å²) in [6, 6.07) is 11.2. The first kappa shape index (κ1) is 19.0. The summed E-state index contributed by atoms with van der Waals surface area (Å²) >= 11 is 0. The Morgan fingerprint density at radius 2 is 1.72 bits per heavy atom. The lowest BCUT2D eigenvalue weighted by Gasteiger charge is -2.11. The van der Waals surface area contributed by atoms with Gasteiger partial charge in [0.05, 0.1) is 19.1 Å². The van der Waals surface area contributed by atoms with E-state index >= 15 is 0 Å². The third-order valence-electron chi connectivity index (χ3n) is 3.75. The van der Waals surface area contributed by atoms with Gasteiger partial charge in [-0.15, -0.1) is 0 Å². The average Bonchev–Trinajstić information content (AvgIpc) is 2.61. The van der Waals surface area contributed by atoms with Gasteiger partial charge in [0.25, 0.3) is 0 Å². The smallest absolute Gasteiger partial charge is 0.240 e. The Hall–Kier alpha value is -2.38. The second kappa shape index (κ2) is 8.13. The van der Waals surface area contributed by atoms with Crippen LogP contribution >= 0.6 is 0 Å². The zero-order valence-corrected chi connectivity index (χ0v) is 15.2. The van der Waals surface area contributed by atoms with Crippen LogP contribution in [0, 0.1) is 0 Å². The van der Waals surface area contributed by atoms with E-state index in [1.165, 1.54) is 31.2 Å². The number of carbonyl (C=O) groups is 1. The summed E-state index contributed by atoms with van der Waals surface area (Å²) in [7, 11) is -0.511. The highest BCUT2D eigenvalue weighted by molar-refractivity contribution is 7.89. The van der Waals surface area contributed by atoms with Crippen LogP contribution in [0.4, 0.5) is 0 Å². The van der Waals surface area contributed by atoms with Gasteiger partial charge in [0, 0.05) is 12.1 Å². The van der Waals surface area contributed by atoms with Gasteiger partial charge < -0.3 is 9.47 Å². The van der Waals surface area contributed by atoms with E-state index in [-0.39, 0.29) is 17.2 Å². The van der Waals surface area contributed by atoms with Crippen LogP contribution in [0.15, 0.2) is 47.4 Å².